The van der Waals surface area contributed by atoms with Gasteiger partial charge in [-0.3, -0.25) is 4.79 Å². The van der Waals surface area contributed by atoms with Gasteiger partial charge in [-0.05, 0) is 98.4 Å². The van der Waals surface area contributed by atoms with Crippen molar-refractivity contribution in [3.63, 3.8) is 0 Å². The van der Waals surface area contributed by atoms with Gasteiger partial charge in [0.25, 0.3) is 5.95 Å². The number of rotatable bonds is 7. The van der Waals surface area contributed by atoms with Gasteiger partial charge in [0.1, 0.15) is 0 Å². The summed E-state index contributed by atoms with van der Waals surface area (Å²) >= 11 is 0. The molecule has 3 N–H and O–H groups in total. The number of carboxylic acids is 1. The van der Waals surface area contributed by atoms with Crippen LogP contribution in [0.2, 0.25) is 0 Å². The number of hydrogen-bond donors (Lipinski definition) is 1. The van der Waals surface area contributed by atoms with Crippen molar-refractivity contribution >= 4 is 17.6 Å². The topological polar surface area (TPSA) is 119 Å². The summed E-state index contributed by atoms with van der Waals surface area (Å²) in [6.45, 7) is 5.04. The Bertz CT molecular complexity index is 1500. The quantitative estimate of drug-likeness (QED) is 0.298. The summed E-state index contributed by atoms with van der Waals surface area (Å²) in [6, 6.07) is 5.23. The zero-order chi connectivity index (χ0) is 32.7. The maximum atomic E-state index is 13.7. The summed E-state index contributed by atoms with van der Waals surface area (Å²) in [7, 11) is 1.54. The Morgan fingerprint density at radius 1 is 0.957 bits per heavy atom. The van der Waals surface area contributed by atoms with Crippen molar-refractivity contribution in [3.05, 3.63) is 63.7 Å². The standard InChI is InChI=1S/C31H36F6N6O2.H2O/c1-18-11-19(2)27-25(12-18)26(5-4-10-42(27)16-20-6-8-22(9-7-20)28(44)45)43(29-38-40-41(3)39-29)17-21-13-23(30(32,33)34)15-24(14-21)31(35,36)37;/h11-15,20,22,26H,4-10,16-17H2,1-3H3,(H,44,45);1H2/t20-,22-,26-;/m0./s1. The van der Waals surface area contributed by atoms with Crippen molar-refractivity contribution in [1.82, 2.24) is 20.2 Å². The summed E-state index contributed by atoms with van der Waals surface area (Å²) < 4.78 is 82.4. The number of hydrogen-bond acceptors (Lipinski definition) is 6. The average Bonchev–Trinajstić information content (AvgIpc) is 3.30. The van der Waals surface area contributed by atoms with Crippen LogP contribution in [0.25, 0.3) is 0 Å². The molecule has 0 bridgehead atoms. The fourth-order valence-corrected chi connectivity index (χ4v) is 6.85. The van der Waals surface area contributed by atoms with Crippen molar-refractivity contribution in [2.75, 3.05) is 22.9 Å². The fraction of sp³-hybridized carbons (Fsp3) is 0.548. The number of alkyl halides is 6. The van der Waals surface area contributed by atoms with Crippen molar-refractivity contribution in [2.24, 2.45) is 18.9 Å². The number of tetrazole rings is 1. The van der Waals surface area contributed by atoms with E-state index < -0.39 is 35.5 Å². The smallest absolute Gasteiger partial charge is 0.416 e. The zero-order valence-electron chi connectivity index (χ0n) is 25.8. The first-order valence-corrected chi connectivity index (χ1v) is 15.0. The second-order valence-electron chi connectivity index (χ2n) is 12.3. The molecule has 5 rings (SSSR count). The first kappa shape index (κ1) is 35.0. The monoisotopic (exact) mass is 656 g/mol. The van der Waals surface area contributed by atoms with Crippen molar-refractivity contribution < 1.29 is 41.7 Å². The summed E-state index contributed by atoms with van der Waals surface area (Å²) in [4.78, 5) is 16.6. The summed E-state index contributed by atoms with van der Waals surface area (Å²) in [5, 5.41) is 21.8. The highest BCUT2D eigenvalue weighted by Gasteiger charge is 2.38. The minimum absolute atomic E-state index is 0. The van der Waals surface area contributed by atoms with Gasteiger partial charge in [0.2, 0.25) is 0 Å². The predicted octanol–water partition coefficient (Wildman–Crippen LogP) is 6.28. The minimum atomic E-state index is -4.97. The van der Waals surface area contributed by atoms with Crippen LogP contribution >= 0.6 is 0 Å². The summed E-state index contributed by atoms with van der Waals surface area (Å²) in [5.74, 6) is -0.690. The molecule has 9 nitrogen and oxygen atoms in total. The van der Waals surface area contributed by atoms with Crippen LogP contribution in [0.15, 0.2) is 30.3 Å². The molecule has 3 aromatic rings. The van der Waals surface area contributed by atoms with Crippen LogP contribution in [0.4, 0.5) is 38.0 Å². The van der Waals surface area contributed by atoms with E-state index in [1.54, 1.807) is 4.90 Å². The first-order chi connectivity index (χ1) is 21.1. The number of nitrogens with zero attached hydrogens (tertiary/aromatic N) is 6. The largest absolute Gasteiger partial charge is 0.481 e. The van der Waals surface area contributed by atoms with Crippen LogP contribution in [0.5, 0.6) is 0 Å². The summed E-state index contributed by atoms with van der Waals surface area (Å²) in [6.07, 6.45) is -5.87. The van der Waals surface area contributed by atoms with E-state index in [4.69, 9.17) is 0 Å². The number of benzene rings is 2. The molecule has 2 heterocycles. The Balaban J connectivity index is 0.00000480. The second kappa shape index (κ2) is 13.5. The van der Waals surface area contributed by atoms with Crippen LogP contribution in [0.3, 0.4) is 0 Å². The van der Waals surface area contributed by atoms with E-state index in [-0.39, 0.29) is 35.5 Å². The summed E-state index contributed by atoms with van der Waals surface area (Å²) in [5.41, 5.74) is 0.892. The van der Waals surface area contributed by atoms with Crippen LogP contribution in [0.1, 0.15) is 77.9 Å². The molecule has 1 aliphatic carbocycles. The van der Waals surface area contributed by atoms with Crippen molar-refractivity contribution in [3.8, 4) is 0 Å². The number of aliphatic carboxylic acids is 1. The van der Waals surface area contributed by atoms with Crippen molar-refractivity contribution in [1.29, 1.82) is 0 Å². The Morgan fingerprint density at radius 2 is 1.59 bits per heavy atom. The van der Waals surface area contributed by atoms with Crippen LogP contribution in [0, 0.1) is 25.7 Å². The minimum Gasteiger partial charge on any atom is -0.481 e. The van der Waals surface area contributed by atoms with E-state index in [2.05, 4.69) is 26.4 Å². The first-order valence-electron chi connectivity index (χ1n) is 15.0. The van der Waals surface area contributed by atoms with Gasteiger partial charge in [0.15, 0.2) is 0 Å². The Hall–Kier alpha value is -3.88. The molecule has 0 amide bonds. The number of aromatic nitrogens is 4. The highest BCUT2D eigenvalue weighted by atomic mass is 19.4. The third-order valence-corrected chi connectivity index (χ3v) is 8.86. The maximum Gasteiger partial charge on any atom is 0.416 e. The van der Waals surface area contributed by atoms with E-state index in [1.807, 2.05) is 19.9 Å². The van der Waals surface area contributed by atoms with Crippen LogP contribution < -0.4 is 9.80 Å². The van der Waals surface area contributed by atoms with Gasteiger partial charge in [-0.1, -0.05) is 22.8 Å². The molecular formula is C31H38F6N6O3. The number of fused-ring (bicyclic) bond motifs is 1. The highest BCUT2D eigenvalue weighted by Crippen LogP contribution is 2.43. The molecule has 0 radical (unpaired) electrons. The van der Waals surface area contributed by atoms with E-state index in [1.165, 1.54) is 11.8 Å². The van der Waals surface area contributed by atoms with E-state index >= 15 is 0 Å². The average molecular weight is 657 g/mol. The molecule has 46 heavy (non-hydrogen) atoms. The Labute approximate surface area is 262 Å². The lowest BCUT2D eigenvalue weighted by Gasteiger charge is -2.36. The Morgan fingerprint density at radius 3 is 2.13 bits per heavy atom. The number of carboxylic acid groups (broad SMARTS) is 1. The predicted molar refractivity (Wildman–Crippen MR) is 158 cm³/mol. The fourth-order valence-electron chi connectivity index (χ4n) is 6.85. The zero-order valence-corrected chi connectivity index (χ0v) is 25.8. The molecule has 2 aromatic carbocycles. The molecular weight excluding hydrogens is 618 g/mol. The molecule has 15 heteroatoms. The van der Waals surface area contributed by atoms with Crippen LogP contribution in [-0.4, -0.2) is 49.8 Å². The lowest BCUT2D eigenvalue weighted by Crippen LogP contribution is -2.34. The van der Waals surface area contributed by atoms with E-state index in [0.717, 1.165) is 53.9 Å². The third kappa shape index (κ3) is 7.73. The highest BCUT2D eigenvalue weighted by molar-refractivity contribution is 5.70. The van der Waals surface area contributed by atoms with Gasteiger partial charge >= 0.3 is 18.3 Å². The van der Waals surface area contributed by atoms with Gasteiger partial charge in [0.05, 0.1) is 30.1 Å². The van der Waals surface area contributed by atoms with E-state index in [9.17, 15) is 36.2 Å². The lowest BCUT2D eigenvalue weighted by atomic mass is 9.81. The Kier molecular flexibility index (Phi) is 10.2. The molecule has 1 fully saturated rings. The van der Waals surface area contributed by atoms with Gasteiger partial charge in [0, 0.05) is 25.3 Å². The molecule has 1 aliphatic heterocycles. The molecule has 1 saturated carbocycles. The van der Waals surface area contributed by atoms with Gasteiger partial charge in [-0.25, -0.2) is 0 Å². The molecule has 1 aromatic heterocycles. The second-order valence-corrected chi connectivity index (χ2v) is 12.3. The third-order valence-electron chi connectivity index (χ3n) is 8.86. The molecule has 1 atom stereocenters. The maximum absolute atomic E-state index is 13.7. The lowest BCUT2D eigenvalue weighted by molar-refractivity contribution is -0.144. The van der Waals surface area contributed by atoms with Gasteiger partial charge in [-0.15, -0.1) is 5.10 Å². The SMILES string of the molecule is Cc1cc(C)c2c(c1)[C@@H](N(Cc1cc(C(F)(F)F)cc(C(F)(F)F)c1)c1nnn(C)n1)CCCN2C[C@H]1CC[C@H](C(=O)O)CC1.O. The number of aryl methyl sites for hydroxylation is 3. The normalized spacial score (nSPS) is 20.5. The van der Waals surface area contributed by atoms with Gasteiger partial charge in [-0.2, -0.15) is 31.1 Å². The molecule has 2 aliphatic rings. The number of halogens is 6. The van der Waals surface area contributed by atoms with E-state index in [0.29, 0.717) is 38.1 Å². The van der Waals surface area contributed by atoms with Crippen molar-refractivity contribution in [2.45, 2.75) is 77.3 Å². The number of carbonyl (C=O) groups is 1. The van der Waals surface area contributed by atoms with Crippen LogP contribution in [-0.2, 0) is 30.7 Å². The molecule has 252 valence electrons. The van der Waals surface area contributed by atoms with Gasteiger partial charge < -0.3 is 20.4 Å². The molecule has 0 spiro atoms. The molecule has 0 saturated heterocycles. The molecule has 0 unspecified atom stereocenters. The number of anilines is 2.